The van der Waals surface area contributed by atoms with Crippen LogP contribution in [-0.2, 0) is 12.7 Å². The molecule has 5 rings (SSSR count). The highest BCUT2D eigenvalue weighted by atomic mass is 19.4. The number of carbonyl (C=O) groups is 1. The molecule has 41 heavy (non-hydrogen) atoms. The minimum atomic E-state index is -4.75. The summed E-state index contributed by atoms with van der Waals surface area (Å²) in [5, 5.41) is 3.89. The second kappa shape index (κ2) is 12.2. The van der Waals surface area contributed by atoms with Crippen LogP contribution in [0.2, 0.25) is 0 Å². The molecular formula is C29H30F5N5O2. The number of amides is 1. The first-order valence-electron chi connectivity index (χ1n) is 13.1. The largest absolute Gasteiger partial charge is 0.497 e. The first-order chi connectivity index (χ1) is 19.6. The Morgan fingerprint density at radius 2 is 1.66 bits per heavy atom. The second-order valence-corrected chi connectivity index (χ2v) is 9.26. The van der Waals surface area contributed by atoms with Crippen LogP contribution < -0.4 is 4.74 Å². The highest BCUT2D eigenvalue weighted by molar-refractivity contribution is 6.00. The standard InChI is InChI=1S/C27H24F5N5O2.C2H6/c1-16-23(17-3-6-20(39-2)7-4-17)34-25-21(14-33-37(25)24(16)27(30,31)32)26(38)36-11-9-35(10-12-36)15-18-13-19(28)5-8-22(18)29;1-2/h3-8,13-14H,9-12,15H2,1-2H3;1-2H3. The summed E-state index contributed by atoms with van der Waals surface area (Å²) >= 11 is 0. The van der Waals surface area contributed by atoms with Gasteiger partial charge in [-0.15, -0.1) is 0 Å². The van der Waals surface area contributed by atoms with E-state index in [-0.39, 0.29) is 47.7 Å². The zero-order chi connectivity index (χ0) is 29.9. The van der Waals surface area contributed by atoms with Crippen molar-refractivity contribution in [1.82, 2.24) is 24.4 Å². The first-order valence-corrected chi connectivity index (χ1v) is 13.1. The fraction of sp³-hybridized carbons (Fsp3) is 0.345. The van der Waals surface area contributed by atoms with Crippen molar-refractivity contribution in [2.75, 3.05) is 33.3 Å². The third-order valence-electron chi connectivity index (χ3n) is 6.81. The van der Waals surface area contributed by atoms with Gasteiger partial charge < -0.3 is 9.64 Å². The molecule has 1 amide bonds. The summed E-state index contributed by atoms with van der Waals surface area (Å²) in [7, 11) is 1.48. The molecule has 1 aliphatic rings. The van der Waals surface area contributed by atoms with E-state index in [1.54, 1.807) is 24.3 Å². The van der Waals surface area contributed by atoms with E-state index in [4.69, 9.17) is 4.74 Å². The van der Waals surface area contributed by atoms with Crippen LogP contribution in [0.1, 0.15) is 41.0 Å². The van der Waals surface area contributed by atoms with Gasteiger partial charge in [-0.25, -0.2) is 18.3 Å². The number of halogens is 5. The lowest BCUT2D eigenvalue weighted by atomic mass is 10.0. The number of fused-ring (bicyclic) bond motifs is 1. The number of ether oxygens (including phenoxy) is 1. The number of piperazine rings is 1. The fourth-order valence-electron chi connectivity index (χ4n) is 4.77. The molecule has 0 aliphatic carbocycles. The van der Waals surface area contributed by atoms with Gasteiger partial charge in [0, 0.05) is 49.4 Å². The lowest BCUT2D eigenvalue weighted by Gasteiger charge is -2.34. The molecule has 2 aromatic carbocycles. The average molecular weight is 576 g/mol. The van der Waals surface area contributed by atoms with Gasteiger partial charge in [-0.1, -0.05) is 13.8 Å². The van der Waals surface area contributed by atoms with Crippen molar-refractivity contribution in [2.24, 2.45) is 0 Å². The fourth-order valence-corrected chi connectivity index (χ4v) is 4.77. The van der Waals surface area contributed by atoms with Gasteiger partial charge in [0.25, 0.3) is 5.91 Å². The van der Waals surface area contributed by atoms with E-state index in [0.717, 1.165) is 24.4 Å². The number of methoxy groups -OCH3 is 1. The van der Waals surface area contributed by atoms with Crippen LogP contribution in [0.3, 0.4) is 0 Å². The monoisotopic (exact) mass is 575 g/mol. The second-order valence-electron chi connectivity index (χ2n) is 9.26. The van der Waals surface area contributed by atoms with Crippen molar-refractivity contribution >= 4 is 11.6 Å². The summed E-state index contributed by atoms with van der Waals surface area (Å²) < 4.78 is 75.9. The molecule has 0 N–H and O–H groups in total. The summed E-state index contributed by atoms with van der Waals surface area (Å²) in [6, 6.07) is 9.69. The van der Waals surface area contributed by atoms with E-state index < -0.39 is 29.4 Å². The minimum absolute atomic E-state index is 0.0557. The number of hydrogen-bond acceptors (Lipinski definition) is 5. The van der Waals surface area contributed by atoms with Gasteiger partial charge >= 0.3 is 6.18 Å². The van der Waals surface area contributed by atoms with Crippen LogP contribution in [0.4, 0.5) is 22.0 Å². The van der Waals surface area contributed by atoms with Crippen molar-refractivity contribution in [1.29, 1.82) is 0 Å². The molecule has 7 nitrogen and oxygen atoms in total. The van der Waals surface area contributed by atoms with E-state index in [1.165, 1.54) is 18.9 Å². The quantitative estimate of drug-likeness (QED) is 0.274. The molecule has 1 saturated heterocycles. The molecule has 12 heteroatoms. The summed E-state index contributed by atoms with van der Waals surface area (Å²) in [5.41, 5.74) is -0.677. The van der Waals surface area contributed by atoms with Crippen molar-refractivity contribution in [3.63, 3.8) is 0 Å². The van der Waals surface area contributed by atoms with Crippen LogP contribution >= 0.6 is 0 Å². The van der Waals surface area contributed by atoms with Gasteiger partial charge in [0.2, 0.25) is 0 Å². The van der Waals surface area contributed by atoms with E-state index in [2.05, 4.69) is 10.1 Å². The lowest BCUT2D eigenvalue weighted by Crippen LogP contribution is -2.48. The molecule has 2 aromatic heterocycles. The SMILES string of the molecule is CC.COc1ccc(-c2nc3c(C(=O)N4CCN(Cc5cc(F)ccc5F)CC4)cnn3c(C(F)(F)F)c2C)cc1. The van der Waals surface area contributed by atoms with Crippen molar-refractivity contribution in [3.8, 4) is 17.0 Å². The van der Waals surface area contributed by atoms with E-state index >= 15 is 0 Å². The van der Waals surface area contributed by atoms with Crippen molar-refractivity contribution in [2.45, 2.75) is 33.5 Å². The Kier molecular flexibility index (Phi) is 8.91. The average Bonchev–Trinajstić information content (AvgIpc) is 3.38. The maximum atomic E-state index is 14.2. The number of aromatic nitrogens is 3. The molecule has 1 fully saturated rings. The zero-order valence-electron chi connectivity index (χ0n) is 23.1. The van der Waals surface area contributed by atoms with Gasteiger partial charge in [-0.3, -0.25) is 9.69 Å². The molecular weight excluding hydrogens is 545 g/mol. The molecule has 0 saturated carbocycles. The molecule has 4 aromatic rings. The van der Waals surface area contributed by atoms with Gasteiger partial charge in [0.05, 0.1) is 19.0 Å². The van der Waals surface area contributed by atoms with Crippen LogP contribution in [0, 0.1) is 18.6 Å². The van der Waals surface area contributed by atoms with Crippen molar-refractivity contribution < 1.29 is 31.5 Å². The Balaban J connectivity index is 0.00000189. The molecule has 1 aliphatic heterocycles. The highest BCUT2D eigenvalue weighted by Crippen LogP contribution is 2.37. The number of rotatable bonds is 5. The topological polar surface area (TPSA) is 63.0 Å². The summed E-state index contributed by atoms with van der Waals surface area (Å²) in [5.74, 6) is -1.03. The Morgan fingerprint density at radius 1 is 1.00 bits per heavy atom. The maximum absolute atomic E-state index is 14.2. The molecule has 0 spiro atoms. The van der Waals surface area contributed by atoms with Gasteiger partial charge in [0.1, 0.15) is 22.9 Å². The van der Waals surface area contributed by atoms with E-state index in [0.29, 0.717) is 28.9 Å². The van der Waals surface area contributed by atoms with E-state index in [9.17, 15) is 26.7 Å². The van der Waals surface area contributed by atoms with Crippen LogP contribution in [0.5, 0.6) is 5.75 Å². The number of benzene rings is 2. The van der Waals surface area contributed by atoms with Crippen molar-refractivity contribution in [3.05, 3.63) is 82.7 Å². The Bertz CT molecular complexity index is 1530. The molecule has 0 radical (unpaired) electrons. The molecule has 0 unspecified atom stereocenters. The Morgan fingerprint density at radius 3 is 2.27 bits per heavy atom. The zero-order valence-corrected chi connectivity index (χ0v) is 23.1. The molecule has 218 valence electrons. The molecule has 3 heterocycles. The van der Waals surface area contributed by atoms with Gasteiger partial charge in [-0.2, -0.15) is 18.3 Å². The highest BCUT2D eigenvalue weighted by Gasteiger charge is 2.39. The number of hydrogen-bond donors (Lipinski definition) is 0. The van der Waals surface area contributed by atoms with Crippen LogP contribution in [0.25, 0.3) is 16.9 Å². The molecule has 0 bridgehead atoms. The lowest BCUT2D eigenvalue weighted by molar-refractivity contribution is -0.143. The van der Waals surface area contributed by atoms with Gasteiger partial charge in [-0.05, 0) is 49.4 Å². The van der Waals surface area contributed by atoms with E-state index in [1.807, 2.05) is 18.7 Å². The third kappa shape index (κ3) is 6.17. The Labute approximate surface area is 234 Å². The Hall–Kier alpha value is -4.06. The summed E-state index contributed by atoms with van der Waals surface area (Å²) in [6.07, 6.45) is -3.65. The predicted molar refractivity (Wildman–Crippen MR) is 144 cm³/mol. The minimum Gasteiger partial charge on any atom is -0.497 e. The summed E-state index contributed by atoms with van der Waals surface area (Å²) in [6.45, 7) is 6.73. The normalized spacial score (nSPS) is 14.1. The van der Waals surface area contributed by atoms with Crippen LogP contribution in [0.15, 0.2) is 48.7 Å². The smallest absolute Gasteiger partial charge is 0.433 e. The first kappa shape index (κ1) is 29.9. The van der Waals surface area contributed by atoms with Gasteiger partial charge in [0.15, 0.2) is 11.3 Å². The number of alkyl halides is 3. The number of carbonyl (C=O) groups excluding carboxylic acids is 1. The van der Waals surface area contributed by atoms with Crippen LogP contribution in [-0.4, -0.2) is 63.6 Å². The summed E-state index contributed by atoms with van der Waals surface area (Å²) in [4.78, 5) is 21.3. The molecule has 0 atom stereocenters. The third-order valence-corrected chi connectivity index (χ3v) is 6.81. The predicted octanol–water partition coefficient (Wildman–Crippen LogP) is 5.99. The number of nitrogens with zero attached hydrogens (tertiary/aromatic N) is 5. The maximum Gasteiger partial charge on any atom is 0.433 e.